The normalized spacial score (nSPS) is 10.5. The number of hydrogen-bond donors (Lipinski definition) is 2. The van der Waals surface area contributed by atoms with Crippen molar-refractivity contribution in [3.63, 3.8) is 0 Å². The molecule has 0 saturated carbocycles. The molecule has 0 saturated heterocycles. The van der Waals surface area contributed by atoms with Crippen LogP contribution in [0, 0.1) is 6.92 Å². The molecular weight excluding hydrogens is 353 g/mol. The van der Waals surface area contributed by atoms with Crippen LogP contribution in [0.1, 0.15) is 16.1 Å². The van der Waals surface area contributed by atoms with Gasteiger partial charge in [-0.15, -0.1) is 0 Å². The van der Waals surface area contributed by atoms with Crippen molar-refractivity contribution in [2.75, 3.05) is 10.6 Å². The van der Waals surface area contributed by atoms with Crippen molar-refractivity contribution in [3.05, 3.63) is 58.0 Å². The van der Waals surface area contributed by atoms with Gasteiger partial charge in [-0.05, 0) is 25.1 Å². The zero-order chi connectivity index (χ0) is 17.1. The number of benzene rings is 1. The summed E-state index contributed by atoms with van der Waals surface area (Å²) in [5, 5.41) is 10.2. The Bertz CT molecular complexity index is 880. The fraction of sp³-hybridized carbons (Fsp3) is 0.0667. The number of hydrogen-bond acceptors (Lipinski definition) is 6. The van der Waals surface area contributed by atoms with Gasteiger partial charge in [-0.2, -0.15) is 0 Å². The zero-order valence-corrected chi connectivity index (χ0v) is 13.9. The molecule has 0 aliphatic carbocycles. The predicted molar refractivity (Wildman–Crippen MR) is 91.0 cm³/mol. The number of rotatable bonds is 4. The van der Waals surface area contributed by atoms with Crippen LogP contribution in [0.3, 0.4) is 0 Å². The molecule has 0 fully saturated rings. The number of carbonyl (C=O) groups excluding carboxylic acids is 1. The van der Waals surface area contributed by atoms with Crippen LogP contribution in [-0.4, -0.2) is 21.0 Å². The highest BCUT2D eigenvalue weighted by molar-refractivity contribution is 6.36. The standard InChI is InChI=1S/C15H11Cl2N5O2/c1-8-4-13(22-24-8)21-14(23)9-6-18-15(19-7-9)20-12-3-2-10(16)5-11(12)17/h2-7H,1H3,(H,18,19,20)(H,21,22,23). The average Bonchev–Trinajstić information content (AvgIpc) is 2.96. The first kappa shape index (κ1) is 16.2. The number of amides is 1. The van der Waals surface area contributed by atoms with Crippen LogP contribution in [0.15, 0.2) is 41.2 Å². The smallest absolute Gasteiger partial charge is 0.260 e. The van der Waals surface area contributed by atoms with E-state index in [1.165, 1.54) is 12.4 Å². The molecule has 9 heteroatoms. The van der Waals surface area contributed by atoms with Gasteiger partial charge in [0.15, 0.2) is 5.82 Å². The zero-order valence-electron chi connectivity index (χ0n) is 12.4. The van der Waals surface area contributed by atoms with Gasteiger partial charge >= 0.3 is 0 Å². The molecule has 0 aliphatic heterocycles. The lowest BCUT2D eigenvalue weighted by atomic mass is 10.3. The van der Waals surface area contributed by atoms with E-state index in [0.717, 1.165) is 0 Å². The SMILES string of the molecule is Cc1cc(NC(=O)c2cnc(Nc3ccc(Cl)cc3Cl)nc2)no1. The molecular formula is C15H11Cl2N5O2. The molecule has 1 aromatic carbocycles. The van der Waals surface area contributed by atoms with Crippen LogP contribution >= 0.6 is 23.2 Å². The maximum atomic E-state index is 12.1. The fourth-order valence-electron chi connectivity index (χ4n) is 1.83. The van der Waals surface area contributed by atoms with E-state index in [9.17, 15) is 4.79 Å². The van der Waals surface area contributed by atoms with Gasteiger partial charge in [-0.25, -0.2) is 9.97 Å². The third-order valence-electron chi connectivity index (χ3n) is 2.96. The Hall–Kier alpha value is -2.64. The monoisotopic (exact) mass is 363 g/mol. The summed E-state index contributed by atoms with van der Waals surface area (Å²) in [6.07, 6.45) is 2.78. The number of aromatic nitrogens is 3. The number of aryl methyl sites for hydroxylation is 1. The van der Waals surface area contributed by atoms with Crippen molar-refractivity contribution in [1.29, 1.82) is 0 Å². The lowest BCUT2D eigenvalue weighted by Crippen LogP contribution is -2.13. The van der Waals surface area contributed by atoms with Gasteiger partial charge in [0.2, 0.25) is 5.95 Å². The summed E-state index contributed by atoms with van der Waals surface area (Å²) < 4.78 is 4.88. The molecule has 3 rings (SSSR count). The molecule has 0 unspecified atom stereocenters. The highest BCUT2D eigenvalue weighted by Gasteiger charge is 2.11. The van der Waals surface area contributed by atoms with Gasteiger partial charge < -0.3 is 15.2 Å². The van der Waals surface area contributed by atoms with Crippen LogP contribution in [0.25, 0.3) is 0 Å². The second kappa shape index (κ2) is 6.86. The van der Waals surface area contributed by atoms with Gasteiger partial charge in [0.05, 0.1) is 16.3 Å². The topological polar surface area (TPSA) is 92.9 Å². The summed E-state index contributed by atoms with van der Waals surface area (Å²) in [4.78, 5) is 20.2. The van der Waals surface area contributed by atoms with Gasteiger partial charge in [-0.1, -0.05) is 28.4 Å². The molecule has 2 heterocycles. The lowest BCUT2D eigenvalue weighted by Gasteiger charge is -2.07. The molecule has 3 aromatic rings. The highest BCUT2D eigenvalue weighted by atomic mass is 35.5. The molecule has 7 nitrogen and oxygen atoms in total. The Kier molecular flexibility index (Phi) is 4.64. The summed E-state index contributed by atoms with van der Waals surface area (Å²) in [5.74, 6) is 0.834. The van der Waals surface area contributed by atoms with E-state index in [0.29, 0.717) is 33.3 Å². The Morgan fingerprint density at radius 2 is 1.92 bits per heavy atom. The van der Waals surface area contributed by atoms with E-state index >= 15 is 0 Å². The van der Waals surface area contributed by atoms with E-state index in [4.69, 9.17) is 27.7 Å². The minimum Gasteiger partial charge on any atom is -0.360 e. The molecule has 0 aliphatic rings. The Morgan fingerprint density at radius 1 is 1.17 bits per heavy atom. The van der Waals surface area contributed by atoms with Crippen molar-refractivity contribution in [1.82, 2.24) is 15.1 Å². The molecule has 0 bridgehead atoms. The summed E-state index contributed by atoms with van der Waals surface area (Å²) in [6.45, 7) is 1.73. The van der Waals surface area contributed by atoms with Crippen molar-refractivity contribution in [3.8, 4) is 0 Å². The summed E-state index contributed by atoms with van der Waals surface area (Å²) in [6, 6.07) is 6.61. The van der Waals surface area contributed by atoms with E-state index in [2.05, 4.69) is 25.8 Å². The minimum absolute atomic E-state index is 0.281. The number of nitrogens with zero attached hydrogens (tertiary/aromatic N) is 3. The fourth-order valence-corrected chi connectivity index (χ4v) is 2.29. The van der Waals surface area contributed by atoms with E-state index in [1.54, 1.807) is 31.2 Å². The maximum absolute atomic E-state index is 12.1. The lowest BCUT2D eigenvalue weighted by molar-refractivity contribution is 0.102. The van der Waals surface area contributed by atoms with Crippen molar-refractivity contribution in [2.24, 2.45) is 0 Å². The molecule has 0 radical (unpaired) electrons. The second-order valence-corrected chi connectivity index (χ2v) is 5.67. The van der Waals surface area contributed by atoms with Crippen LogP contribution in [-0.2, 0) is 0 Å². The first-order valence-corrected chi connectivity index (χ1v) is 7.55. The third kappa shape index (κ3) is 3.81. The van der Waals surface area contributed by atoms with Gasteiger partial charge in [-0.3, -0.25) is 4.79 Å². The number of halogens is 2. The second-order valence-electron chi connectivity index (χ2n) is 4.82. The van der Waals surface area contributed by atoms with Crippen LogP contribution < -0.4 is 10.6 Å². The van der Waals surface area contributed by atoms with E-state index < -0.39 is 0 Å². The van der Waals surface area contributed by atoms with Gasteiger partial charge in [0.1, 0.15) is 5.76 Å². The molecule has 2 N–H and O–H groups in total. The molecule has 0 spiro atoms. The highest BCUT2D eigenvalue weighted by Crippen LogP contribution is 2.27. The van der Waals surface area contributed by atoms with Gasteiger partial charge in [0, 0.05) is 23.5 Å². The van der Waals surface area contributed by atoms with Crippen molar-refractivity contribution >= 4 is 46.6 Å². The predicted octanol–water partition coefficient (Wildman–Crippen LogP) is 4.08. The quantitative estimate of drug-likeness (QED) is 0.725. The van der Waals surface area contributed by atoms with E-state index in [1.807, 2.05) is 0 Å². The van der Waals surface area contributed by atoms with Crippen LogP contribution in [0.4, 0.5) is 17.5 Å². The minimum atomic E-state index is -0.389. The van der Waals surface area contributed by atoms with Crippen molar-refractivity contribution < 1.29 is 9.32 Å². The molecule has 1 amide bonds. The summed E-state index contributed by atoms with van der Waals surface area (Å²) in [5.41, 5.74) is 0.889. The first-order chi connectivity index (χ1) is 11.5. The average molecular weight is 364 g/mol. The number of carbonyl (C=O) groups is 1. The molecule has 2 aromatic heterocycles. The maximum Gasteiger partial charge on any atom is 0.260 e. The molecule has 24 heavy (non-hydrogen) atoms. The first-order valence-electron chi connectivity index (χ1n) is 6.80. The van der Waals surface area contributed by atoms with Crippen LogP contribution in [0.2, 0.25) is 10.0 Å². The Labute approximate surface area is 147 Å². The summed E-state index contributed by atoms with van der Waals surface area (Å²) in [7, 11) is 0. The van der Waals surface area contributed by atoms with Gasteiger partial charge in [0.25, 0.3) is 5.91 Å². The number of nitrogens with one attached hydrogen (secondary N) is 2. The Balaban J connectivity index is 1.69. The Morgan fingerprint density at radius 3 is 2.54 bits per heavy atom. The molecule has 0 atom stereocenters. The summed E-state index contributed by atoms with van der Waals surface area (Å²) >= 11 is 11.9. The van der Waals surface area contributed by atoms with Crippen LogP contribution in [0.5, 0.6) is 0 Å². The largest absolute Gasteiger partial charge is 0.360 e. The van der Waals surface area contributed by atoms with E-state index in [-0.39, 0.29) is 11.5 Å². The third-order valence-corrected chi connectivity index (χ3v) is 3.51. The van der Waals surface area contributed by atoms with Crippen molar-refractivity contribution in [2.45, 2.75) is 6.92 Å². The number of anilines is 3. The molecule has 122 valence electrons.